The molecule has 0 bridgehead atoms. The highest BCUT2D eigenvalue weighted by Gasteiger charge is 2.35. The molecule has 0 atom stereocenters. The molecule has 0 saturated carbocycles. The second-order valence-corrected chi connectivity index (χ2v) is 4.40. The van der Waals surface area contributed by atoms with Gasteiger partial charge in [-0.25, -0.2) is 4.39 Å². The van der Waals surface area contributed by atoms with E-state index in [1.165, 1.54) is 0 Å². The van der Waals surface area contributed by atoms with Gasteiger partial charge in [0.05, 0.1) is 11.1 Å². The summed E-state index contributed by atoms with van der Waals surface area (Å²) < 4.78 is 50.3. The Morgan fingerprint density at radius 3 is 2.17 bits per heavy atom. The van der Waals surface area contributed by atoms with Gasteiger partial charge < -0.3 is 5.32 Å². The molecule has 0 spiro atoms. The van der Waals surface area contributed by atoms with Gasteiger partial charge in [0.2, 0.25) is 0 Å². The molecule has 2 nitrogen and oxygen atoms in total. The van der Waals surface area contributed by atoms with Gasteiger partial charge in [0.15, 0.2) is 5.78 Å². The van der Waals surface area contributed by atoms with E-state index >= 15 is 0 Å². The highest BCUT2D eigenvalue weighted by molar-refractivity contribution is 6.02. The monoisotopic (exact) mass is 263 g/mol. The lowest BCUT2D eigenvalue weighted by atomic mass is 9.93. The van der Waals surface area contributed by atoms with Crippen LogP contribution < -0.4 is 5.32 Å². The first-order chi connectivity index (χ1) is 8.09. The normalized spacial score (nSPS) is 12.6. The van der Waals surface area contributed by atoms with Crippen LogP contribution in [0.5, 0.6) is 0 Å². The van der Waals surface area contributed by atoms with E-state index in [0.29, 0.717) is 12.1 Å². The summed E-state index contributed by atoms with van der Waals surface area (Å²) in [5.74, 6) is -1.92. The first kappa shape index (κ1) is 14.6. The number of ketones is 1. The zero-order valence-electron chi connectivity index (χ0n) is 10.2. The van der Waals surface area contributed by atoms with Gasteiger partial charge in [0, 0.05) is 5.56 Å². The minimum Gasteiger partial charge on any atom is -0.308 e. The maximum Gasteiger partial charge on any atom is 0.419 e. The van der Waals surface area contributed by atoms with Crippen LogP contribution in [0.3, 0.4) is 0 Å². The minimum atomic E-state index is -4.76. The summed E-state index contributed by atoms with van der Waals surface area (Å²) >= 11 is 0. The van der Waals surface area contributed by atoms with Gasteiger partial charge >= 0.3 is 6.18 Å². The van der Waals surface area contributed by atoms with Gasteiger partial charge in [-0.05, 0) is 33.0 Å². The molecule has 0 aromatic heterocycles. The molecule has 0 aliphatic heterocycles. The molecule has 0 unspecified atom stereocenters. The second-order valence-electron chi connectivity index (χ2n) is 4.40. The standard InChI is InChI=1S/C12H13F4NO/c1-11(2,17-3)10(18)7-4-5-8(9(13)6-7)12(14,15)16/h4-6,17H,1-3H3. The van der Waals surface area contributed by atoms with E-state index in [4.69, 9.17) is 0 Å². The molecule has 100 valence electrons. The second kappa shape index (κ2) is 4.68. The van der Waals surface area contributed by atoms with Crippen LogP contribution in [0.4, 0.5) is 17.6 Å². The molecule has 0 aliphatic rings. The molecule has 1 aromatic rings. The Labute approximate surface area is 102 Å². The number of hydrogen-bond donors (Lipinski definition) is 1. The Morgan fingerprint density at radius 1 is 1.22 bits per heavy atom. The molecule has 1 N–H and O–H groups in total. The van der Waals surface area contributed by atoms with Crippen molar-refractivity contribution in [1.82, 2.24) is 5.32 Å². The van der Waals surface area contributed by atoms with E-state index in [2.05, 4.69) is 5.32 Å². The van der Waals surface area contributed by atoms with Crippen molar-refractivity contribution in [3.05, 3.63) is 35.1 Å². The van der Waals surface area contributed by atoms with Gasteiger partial charge in [0.25, 0.3) is 0 Å². The number of alkyl halides is 3. The zero-order chi connectivity index (χ0) is 14.1. The van der Waals surface area contributed by atoms with Gasteiger partial charge in [-0.15, -0.1) is 0 Å². The molecule has 0 saturated heterocycles. The Kier molecular flexibility index (Phi) is 3.81. The van der Waals surface area contributed by atoms with Crippen molar-refractivity contribution < 1.29 is 22.4 Å². The van der Waals surface area contributed by atoms with Gasteiger partial charge in [-0.1, -0.05) is 6.07 Å². The third kappa shape index (κ3) is 2.87. The van der Waals surface area contributed by atoms with Crippen molar-refractivity contribution in [2.45, 2.75) is 25.6 Å². The molecule has 0 heterocycles. The van der Waals surface area contributed by atoms with Crippen LogP contribution in [0.15, 0.2) is 18.2 Å². The van der Waals surface area contributed by atoms with Crippen molar-refractivity contribution in [3.8, 4) is 0 Å². The Hall–Kier alpha value is -1.43. The maximum absolute atomic E-state index is 13.3. The summed E-state index contributed by atoms with van der Waals surface area (Å²) in [5.41, 5.74) is -2.44. The topological polar surface area (TPSA) is 29.1 Å². The van der Waals surface area contributed by atoms with Gasteiger partial charge in [-0.2, -0.15) is 13.2 Å². The number of carbonyl (C=O) groups excluding carboxylic acids is 1. The molecular weight excluding hydrogens is 250 g/mol. The highest BCUT2D eigenvalue weighted by Crippen LogP contribution is 2.32. The van der Waals surface area contributed by atoms with Crippen LogP contribution >= 0.6 is 0 Å². The fourth-order valence-corrected chi connectivity index (χ4v) is 1.36. The summed E-state index contributed by atoms with van der Waals surface area (Å²) in [7, 11) is 1.54. The molecule has 6 heteroatoms. The summed E-state index contributed by atoms with van der Waals surface area (Å²) in [6.45, 7) is 3.12. The molecule has 0 amide bonds. The highest BCUT2D eigenvalue weighted by atomic mass is 19.4. The number of nitrogens with one attached hydrogen (secondary N) is 1. The van der Waals surface area contributed by atoms with Crippen LogP contribution in [0.25, 0.3) is 0 Å². The average Bonchev–Trinajstić information content (AvgIpc) is 2.26. The lowest BCUT2D eigenvalue weighted by Gasteiger charge is -2.22. The SMILES string of the molecule is CNC(C)(C)C(=O)c1ccc(C(F)(F)F)c(F)c1. The third-order valence-corrected chi connectivity index (χ3v) is 2.73. The molecule has 18 heavy (non-hydrogen) atoms. The Bertz CT molecular complexity index is 466. The third-order valence-electron chi connectivity index (χ3n) is 2.73. The Morgan fingerprint density at radius 2 is 1.78 bits per heavy atom. The molecular formula is C12H13F4NO. The summed E-state index contributed by atoms with van der Waals surface area (Å²) in [6, 6.07) is 2.17. The zero-order valence-corrected chi connectivity index (χ0v) is 10.2. The number of rotatable bonds is 3. The summed E-state index contributed by atoms with van der Waals surface area (Å²) in [5, 5.41) is 2.71. The minimum absolute atomic E-state index is 0.0974. The maximum atomic E-state index is 13.3. The largest absolute Gasteiger partial charge is 0.419 e. The van der Waals surface area contributed by atoms with Crippen molar-refractivity contribution >= 4 is 5.78 Å². The van der Waals surface area contributed by atoms with Crippen molar-refractivity contribution in [3.63, 3.8) is 0 Å². The first-order valence-electron chi connectivity index (χ1n) is 5.20. The van der Waals surface area contributed by atoms with Crippen LogP contribution in [-0.4, -0.2) is 18.4 Å². The molecule has 0 aliphatic carbocycles. The van der Waals surface area contributed by atoms with E-state index in [1.54, 1.807) is 20.9 Å². The molecule has 1 aromatic carbocycles. The number of Topliss-reactive ketones (excluding diaryl/α,β-unsaturated/α-hetero) is 1. The van der Waals surface area contributed by atoms with Gasteiger partial charge in [-0.3, -0.25) is 4.79 Å². The molecule has 1 rings (SSSR count). The van der Waals surface area contributed by atoms with E-state index in [9.17, 15) is 22.4 Å². The summed E-state index contributed by atoms with van der Waals surface area (Å²) in [4.78, 5) is 11.9. The number of carbonyl (C=O) groups is 1. The van der Waals surface area contributed by atoms with Crippen molar-refractivity contribution in [1.29, 1.82) is 0 Å². The average molecular weight is 263 g/mol. The predicted octanol–water partition coefficient (Wildman–Crippen LogP) is 3.03. The molecule has 0 radical (unpaired) electrons. The predicted molar refractivity (Wildman–Crippen MR) is 58.9 cm³/mol. The quantitative estimate of drug-likeness (QED) is 0.671. The van der Waals surface area contributed by atoms with Crippen LogP contribution in [0.2, 0.25) is 0 Å². The van der Waals surface area contributed by atoms with E-state index in [1.807, 2.05) is 0 Å². The van der Waals surface area contributed by atoms with Crippen LogP contribution in [0, 0.1) is 5.82 Å². The number of likely N-dealkylation sites (N-methyl/N-ethyl adjacent to an activating group) is 1. The van der Waals surface area contributed by atoms with E-state index < -0.39 is 28.9 Å². The van der Waals surface area contributed by atoms with Crippen LogP contribution in [-0.2, 0) is 6.18 Å². The van der Waals surface area contributed by atoms with Crippen LogP contribution in [0.1, 0.15) is 29.8 Å². The number of benzene rings is 1. The Balaban J connectivity index is 3.17. The fourth-order valence-electron chi connectivity index (χ4n) is 1.36. The smallest absolute Gasteiger partial charge is 0.308 e. The van der Waals surface area contributed by atoms with Crippen molar-refractivity contribution in [2.24, 2.45) is 0 Å². The number of halogens is 4. The lowest BCUT2D eigenvalue weighted by molar-refractivity contribution is -0.140. The van der Waals surface area contributed by atoms with Gasteiger partial charge in [0.1, 0.15) is 5.82 Å². The lowest BCUT2D eigenvalue weighted by Crippen LogP contribution is -2.44. The van der Waals surface area contributed by atoms with E-state index in [0.717, 1.165) is 6.07 Å². The summed E-state index contributed by atoms with van der Waals surface area (Å²) in [6.07, 6.45) is -4.76. The molecule has 0 fully saturated rings. The van der Waals surface area contributed by atoms with E-state index in [-0.39, 0.29) is 5.56 Å². The fraction of sp³-hybridized carbons (Fsp3) is 0.417. The first-order valence-corrected chi connectivity index (χ1v) is 5.20. The van der Waals surface area contributed by atoms with Crippen molar-refractivity contribution in [2.75, 3.05) is 7.05 Å². The number of hydrogen-bond acceptors (Lipinski definition) is 2.